The van der Waals surface area contributed by atoms with E-state index < -0.39 is 0 Å². The SMILES string of the molecule is Cc1nc2ccc(NC(=O)CNC(=O)CN)cc2o1.Cl.Cl. The zero-order valence-electron chi connectivity index (χ0n) is 11.2. The minimum atomic E-state index is -0.378. The molecule has 0 radical (unpaired) electrons. The number of nitrogens with one attached hydrogen (secondary N) is 2. The van der Waals surface area contributed by atoms with Gasteiger partial charge in [-0.25, -0.2) is 4.98 Å². The summed E-state index contributed by atoms with van der Waals surface area (Å²) in [6.07, 6.45) is 0. The summed E-state index contributed by atoms with van der Waals surface area (Å²) < 4.78 is 5.36. The Morgan fingerprint density at radius 2 is 2.00 bits per heavy atom. The third kappa shape index (κ3) is 5.22. The Bertz CT molecular complexity index is 630. The number of hydrogen-bond acceptors (Lipinski definition) is 5. The molecular weight excluding hydrogens is 319 g/mol. The van der Waals surface area contributed by atoms with Gasteiger partial charge in [0.15, 0.2) is 11.5 Å². The summed E-state index contributed by atoms with van der Waals surface area (Å²) in [6, 6.07) is 5.14. The fourth-order valence-electron chi connectivity index (χ4n) is 1.57. The molecule has 116 valence electrons. The van der Waals surface area contributed by atoms with Gasteiger partial charge in [-0.1, -0.05) is 0 Å². The van der Waals surface area contributed by atoms with Crippen molar-refractivity contribution in [2.24, 2.45) is 5.73 Å². The van der Waals surface area contributed by atoms with E-state index in [1.54, 1.807) is 25.1 Å². The molecule has 2 aromatic rings. The summed E-state index contributed by atoms with van der Waals surface area (Å²) in [5.74, 6) is -0.150. The monoisotopic (exact) mass is 334 g/mol. The fourth-order valence-corrected chi connectivity index (χ4v) is 1.57. The lowest BCUT2D eigenvalue weighted by Crippen LogP contribution is -2.36. The average Bonchev–Trinajstić information content (AvgIpc) is 2.75. The van der Waals surface area contributed by atoms with Crippen molar-refractivity contribution < 1.29 is 14.0 Å². The van der Waals surface area contributed by atoms with E-state index in [4.69, 9.17) is 10.2 Å². The number of rotatable bonds is 4. The number of carbonyl (C=O) groups is 2. The van der Waals surface area contributed by atoms with Crippen molar-refractivity contribution >= 4 is 53.4 Å². The molecule has 2 rings (SSSR count). The van der Waals surface area contributed by atoms with E-state index in [0.29, 0.717) is 17.2 Å². The summed E-state index contributed by atoms with van der Waals surface area (Å²) in [5, 5.41) is 5.02. The number of oxazole rings is 1. The van der Waals surface area contributed by atoms with Crippen molar-refractivity contribution in [3.8, 4) is 0 Å². The number of anilines is 1. The van der Waals surface area contributed by atoms with Gasteiger partial charge in [0.25, 0.3) is 0 Å². The van der Waals surface area contributed by atoms with Gasteiger partial charge in [0.2, 0.25) is 11.8 Å². The lowest BCUT2D eigenvalue weighted by Gasteiger charge is -2.05. The van der Waals surface area contributed by atoms with Gasteiger partial charge in [-0.3, -0.25) is 9.59 Å². The van der Waals surface area contributed by atoms with E-state index in [0.717, 1.165) is 5.52 Å². The third-order valence-corrected chi connectivity index (χ3v) is 2.41. The van der Waals surface area contributed by atoms with E-state index in [9.17, 15) is 9.59 Å². The Labute approximate surface area is 133 Å². The standard InChI is InChI=1S/C12H14N4O3.2ClH/c1-7-15-9-3-2-8(4-10(9)19-7)16-12(18)6-14-11(17)5-13;;/h2-4H,5-6,13H2,1H3,(H,14,17)(H,16,18);2*1H. The van der Waals surface area contributed by atoms with Crippen molar-refractivity contribution in [1.29, 1.82) is 0 Å². The molecule has 0 aliphatic heterocycles. The van der Waals surface area contributed by atoms with E-state index in [2.05, 4.69) is 15.6 Å². The van der Waals surface area contributed by atoms with Gasteiger partial charge in [0.05, 0.1) is 13.1 Å². The number of carbonyl (C=O) groups excluding carboxylic acids is 2. The molecule has 1 heterocycles. The van der Waals surface area contributed by atoms with Gasteiger partial charge in [0.1, 0.15) is 5.52 Å². The van der Waals surface area contributed by atoms with Crippen LogP contribution in [0, 0.1) is 6.92 Å². The number of hydrogen-bond donors (Lipinski definition) is 3. The number of aryl methyl sites for hydroxylation is 1. The number of aromatic nitrogens is 1. The normalized spacial score (nSPS) is 9.43. The molecule has 0 saturated heterocycles. The molecule has 0 atom stereocenters. The van der Waals surface area contributed by atoms with E-state index in [1.165, 1.54) is 0 Å². The van der Waals surface area contributed by atoms with Crippen LogP contribution in [0.1, 0.15) is 5.89 Å². The quantitative estimate of drug-likeness (QED) is 0.772. The zero-order valence-corrected chi connectivity index (χ0v) is 12.8. The summed E-state index contributed by atoms with van der Waals surface area (Å²) in [4.78, 5) is 26.6. The molecule has 0 spiro atoms. The zero-order chi connectivity index (χ0) is 13.8. The molecule has 0 aliphatic carbocycles. The number of benzene rings is 1. The van der Waals surface area contributed by atoms with Gasteiger partial charge >= 0.3 is 0 Å². The van der Waals surface area contributed by atoms with Crippen LogP contribution in [0.4, 0.5) is 5.69 Å². The van der Waals surface area contributed by atoms with Crippen LogP contribution in [0.15, 0.2) is 22.6 Å². The molecule has 4 N–H and O–H groups in total. The van der Waals surface area contributed by atoms with Crippen LogP contribution in [0.25, 0.3) is 11.1 Å². The van der Waals surface area contributed by atoms with E-state index in [-0.39, 0.29) is 49.7 Å². The molecule has 7 nitrogen and oxygen atoms in total. The van der Waals surface area contributed by atoms with Gasteiger partial charge < -0.3 is 20.8 Å². The number of fused-ring (bicyclic) bond motifs is 1. The topological polar surface area (TPSA) is 110 Å². The van der Waals surface area contributed by atoms with Gasteiger partial charge in [-0.15, -0.1) is 24.8 Å². The number of halogens is 2. The first-order valence-corrected chi connectivity index (χ1v) is 5.72. The fraction of sp³-hybridized carbons (Fsp3) is 0.250. The lowest BCUT2D eigenvalue weighted by atomic mass is 10.3. The molecular formula is C12H16Cl2N4O3. The predicted octanol–water partition coefficient (Wildman–Crippen LogP) is 0.993. The van der Waals surface area contributed by atoms with E-state index >= 15 is 0 Å². The second kappa shape index (κ2) is 8.46. The van der Waals surface area contributed by atoms with E-state index in [1.807, 2.05) is 0 Å². The maximum atomic E-state index is 11.6. The van der Waals surface area contributed by atoms with Crippen LogP contribution >= 0.6 is 24.8 Å². The molecule has 2 amide bonds. The average molecular weight is 335 g/mol. The molecule has 0 bridgehead atoms. The highest BCUT2D eigenvalue weighted by atomic mass is 35.5. The summed E-state index contributed by atoms with van der Waals surface area (Å²) >= 11 is 0. The Morgan fingerprint density at radius 3 is 2.67 bits per heavy atom. The maximum absolute atomic E-state index is 11.6. The molecule has 1 aromatic carbocycles. The van der Waals surface area contributed by atoms with Crippen LogP contribution in [-0.4, -0.2) is 29.9 Å². The molecule has 21 heavy (non-hydrogen) atoms. The van der Waals surface area contributed by atoms with Crippen molar-refractivity contribution in [1.82, 2.24) is 10.3 Å². The lowest BCUT2D eigenvalue weighted by molar-refractivity contribution is -0.123. The molecule has 0 saturated carbocycles. The summed E-state index contributed by atoms with van der Waals surface area (Å²) in [6.45, 7) is 1.49. The van der Waals surface area contributed by atoms with Crippen LogP contribution in [0.2, 0.25) is 0 Å². The minimum absolute atomic E-state index is 0. The van der Waals surface area contributed by atoms with Crippen LogP contribution in [0.3, 0.4) is 0 Å². The van der Waals surface area contributed by atoms with Gasteiger partial charge in [-0.2, -0.15) is 0 Å². The number of nitrogens with zero attached hydrogens (tertiary/aromatic N) is 1. The van der Waals surface area contributed by atoms with Crippen molar-refractivity contribution in [2.75, 3.05) is 18.4 Å². The molecule has 1 aromatic heterocycles. The Hall–Kier alpha value is -1.83. The Kier molecular flexibility index (Phi) is 7.72. The van der Waals surface area contributed by atoms with Crippen molar-refractivity contribution in [3.63, 3.8) is 0 Å². The highest BCUT2D eigenvalue weighted by molar-refractivity contribution is 5.96. The van der Waals surface area contributed by atoms with Gasteiger partial charge in [-0.05, 0) is 12.1 Å². The van der Waals surface area contributed by atoms with Crippen molar-refractivity contribution in [2.45, 2.75) is 6.92 Å². The number of nitrogens with two attached hydrogens (primary N) is 1. The van der Waals surface area contributed by atoms with Crippen molar-refractivity contribution in [3.05, 3.63) is 24.1 Å². The summed E-state index contributed by atoms with van der Waals surface area (Å²) in [5.41, 5.74) is 7.02. The first-order chi connectivity index (χ1) is 9.08. The molecule has 9 heteroatoms. The molecule has 0 fully saturated rings. The first-order valence-electron chi connectivity index (χ1n) is 5.72. The Morgan fingerprint density at radius 1 is 1.29 bits per heavy atom. The van der Waals surface area contributed by atoms with Crippen LogP contribution in [-0.2, 0) is 9.59 Å². The Balaban J connectivity index is 0.00000200. The molecule has 0 unspecified atom stereocenters. The maximum Gasteiger partial charge on any atom is 0.243 e. The minimum Gasteiger partial charge on any atom is -0.441 e. The largest absolute Gasteiger partial charge is 0.441 e. The highest BCUT2D eigenvalue weighted by Gasteiger charge is 2.07. The second-order valence-corrected chi connectivity index (χ2v) is 3.94. The first kappa shape index (κ1) is 19.2. The third-order valence-electron chi connectivity index (χ3n) is 2.41. The number of amides is 2. The predicted molar refractivity (Wildman–Crippen MR) is 83.9 cm³/mol. The second-order valence-electron chi connectivity index (χ2n) is 3.94. The van der Waals surface area contributed by atoms with Gasteiger partial charge in [0, 0.05) is 18.7 Å². The van der Waals surface area contributed by atoms with Crippen LogP contribution < -0.4 is 16.4 Å². The highest BCUT2D eigenvalue weighted by Crippen LogP contribution is 2.19. The van der Waals surface area contributed by atoms with Crippen LogP contribution in [0.5, 0.6) is 0 Å². The summed E-state index contributed by atoms with van der Waals surface area (Å²) in [7, 11) is 0. The molecule has 0 aliphatic rings. The smallest absolute Gasteiger partial charge is 0.243 e.